The quantitative estimate of drug-likeness (QED) is 0.433. The van der Waals surface area contributed by atoms with Gasteiger partial charge in [-0.2, -0.15) is 9.97 Å². The molecular weight excluding hydrogens is 220 g/mol. The molecule has 0 amide bonds. The second kappa shape index (κ2) is 8.94. The van der Waals surface area contributed by atoms with E-state index in [4.69, 9.17) is 19.8 Å². The van der Waals surface area contributed by atoms with Crippen LogP contribution in [0.4, 0.5) is 0 Å². The van der Waals surface area contributed by atoms with E-state index in [1.165, 1.54) is 12.8 Å². The van der Waals surface area contributed by atoms with Crippen LogP contribution >= 0.6 is 0 Å². The highest BCUT2D eigenvalue weighted by Crippen LogP contribution is 1.65. The molecular formula is C8H8N2O6. The summed E-state index contributed by atoms with van der Waals surface area (Å²) in [6.45, 7) is 0. The number of oxazole rings is 2. The number of carbonyl (C=O) groups excluding carboxylic acids is 2. The van der Waals surface area contributed by atoms with Gasteiger partial charge in [0.1, 0.15) is 0 Å². The molecule has 16 heavy (non-hydrogen) atoms. The van der Waals surface area contributed by atoms with Crippen molar-refractivity contribution < 1.29 is 38.6 Å². The summed E-state index contributed by atoms with van der Waals surface area (Å²) in [5, 5.41) is 17.9. The number of rotatable bonds is 0. The molecule has 2 N–H and O–H groups in total. The van der Waals surface area contributed by atoms with E-state index < -0.39 is 11.9 Å². The Hall–Kier alpha value is -2.64. The first-order valence-corrected chi connectivity index (χ1v) is 3.83. The predicted octanol–water partition coefficient (Wildman–Crippen LogP) is -3.33. The molecule has 0 aromatic carbocycles. The normalized spacial score (nSPS) is 7.75. The van der Waals surface area contributed by atoms with Crippen molar-refractivity contribution in [1.29, 1.82) is 0 Å². The average molecular weight is 228 g/mol. The van der Waals surface area contributed by atoms with Crippen molar-refractivity contribution in [2.75, 3.05) is 0 Å². The van der Waals surface area contributed by atoms with Gasteiger partial charge in [0.2, 0.25) is 12.4 Å². The van der Waals surface area contributed by atoms with Gasteiger partial charge in [0.05, 0.1) is 11.9 Å². The monoisotopic (exact) mass is 228 g/mol. The Bertz CT molecular complexity index is 296. The van der Waals surface area contributed by atoms with Crippen LogP contribution in [0.25, 0.3) is 0 Å². The molecule has 0 aliphatic carbocycles. The fourth-order valence-electron chi connectivity index (χ4n) is 0.393. The summed E-state index contributed by atoms with van der Waals surface area (Å²) in [5.41, 5.74) is 0. The standard InChI is InChI=1S/2C3H3NO.C2H2O4/c2*1-2-5-3-4-1;3-1(4)2(5)6/h2*1-3H;(H,3,4)(H,5,6). The van der Waals surface area contributed by atoms with Gasteiger partial charge in [-0.15, -0.1) is 0 Å². The molecule has 8 heteroatoms. The number of H-pyrrole nitrogens is 2. The van der Waals surface area contributed by atoms with E-state index in [0.29, 0.717) is 0 Å². The minimum atomic E-state index is -2.19. The van der Waals surface area contributed by atoms with Gasteiger partial charge in [0.15, 0.2) is 12.5 Å². The second-order valence-corrected chi connectivity index (χ2v) is 2.02. The maximum Gasteiger partial charge on any atom is 0.332 e. The molecule has 0 bridgehead atoms. The molecule has 0 atom stereocenters. The molecule has 2 heterocycles. The lowest BCUT2D eigenvalue weighted by molar-refractivity contribution is -0.383. The van der Waals surface area contributed by atoms with Crippen molar-refractivity contribution >= 4 is 11.9 Å². The summed E-state index contributed by atoms with van der Waals surface area (Å²) in [5.74, 6) is -4.37. The van der Waals surface area contributed by atoms with E-state index in [1.54, 1.807) is 24.9 Å². The Labute approximate surface area is 89.2 Å². The van der Waals surface area contributed by atoms with Gasteiger partial charge in [-0.25, -0.2) is 0 Å². The largest absolute Gasteiger partial charge is 0.543 e. The number of carboxylic acids is 2. The zero-order valence-corrected chi connectivity index (χ0v) is 7.91. The summed E-state index contributed by atoms with van der Waals surface area (Å²) in [7, 11) is 0. The number of nitrogens with one attached hydrogen (secondary N) is 2. The SMILES string of the molecule is O=C([O-])C(=O)[O-].c1coc[nH+]1.c1coc[nH+]1. The Balaban J connectivity index is 0.000000211. The highest BCUT2D eigenvalue weighted by molar-refractivity contribution is 6.25. The molecule has 2 rings (SSSR count). The van der Waals surface area contributed by atoms with Crippen LogP contribution < -0.4 is 20.2 Å². The lowest BCUT2D eigenvalue weighted by atomic mass is 10.7. The number of carbonyl (C=O) groups is 2. The lowest BCUT2D eigenvalue weighted by Crippen LogP contribution is -2.42. The third-order valence-electron chi connectivity index (χ3n) is 0.924. The van der Waals surface area contributed by atoms with Crippen molar-refractivity contribution in [2.24, 2.45) is 0 Å². The molecule has 8 nitrogen and oxygen atoms in total. The number of hydrogen-bond donors (Lipinski definition) is 0. The first-order chi connectivity index (χ1) is 7.64. The number of aromatic amines is 2. The van der Waals surface area contributed by atoms with Crippen LogP contribution in [-0.2, 0) is 9.59 Å². The molecule has 0 radical (unpaired) electrons. The smallest absolute Gasteiger partial charge is 0.332 e. The molecule has 0 aliphatic rings. The topological polar surface area (TPSA) is 135 Å². The van der Waals surface area contributed by atoms with Crippen molar-refractivity contribution in [3.63, 3.8) is 0 Å². The van der Waals surface area contributed by atoms with Crippen LogP contribution in [-0.4, -0.2) is 11.9 Å². The summed E-state index contributed by atoms with van der Waals surface area (Å²) < 4.78 is 9.06. The number of hydrogen-bond acceptors (Lipinski definition) is 6. The van der Waals surface area contributed by atoms with E-state index in [2.05, 4.69) is 18.8 Å². The van der Waals surface area contributed by atoms with Gasteiger partial charge >= 0.3 is 12.8 Å². The third kappa shape index (κ3) is 9.45. The molecule has 86 valence electrons. The highest BCUT2D eigenvalue weighted by Gasteiger charge is 1.75. The van der Waals surface area contributed by atoms with Crippen molar-refractivity contribution in [3.8, 4) is 0 Å². The first-order valence-electron chi connectivity index (χ1n) is 3.83. The Morgan fingerprint density at radius 2 is 1.25 bits per heavy atom. The predicted molar refractivity (Wildman–Crippen MR) is 40.5 cm³/mol. The zero-order chi connectivity index (χ0) is 12.2. The minimum absolute atomic E-state index is 1.50. The van der Waals surface area contributed by atoms with Gasteiger partial charge in [0, 0.05) is 0 Å². The van der Waals surface area contributed by atoms with Crippen LogP contribution in [0.5, 0.6) is 0 Å². The Morgan fingerprint density at radius 3 is 1.31 bits per heavy atom. The molecule has 0 spiro atoms. The fraction of sp³-hybridized carbons (Fsp3) is 0. The van der Waals surface area contributed by atoms with Gasteiger partial charge in [-0.3, -0.25) is 0 Å². The molecule has 2 aromatic heterocycles. The number of aliphatic carboxylic acids is 2. The molecule has 0 saturated heterocycles. The summed E-state index contributed by atoms with van der Waals surface area (Å²) in [4.78, 5) is 23.2. The van der Waals surface area contributed by atoms with E-state index in [9.17, 15) is 0 Å². The fourth-order valence-corrected chi connectivity index (χ4v) is 0.393. The number of carboxylic acid groups (broad SMARTS) is 2. The van der Waals surface area contributed by atoms with Gasteiger partial charge in [-0.05, 0) is 0 Å². The Kier molecular flexibility index (Phi) is 7.46. The second-order valence-electron chi connectivity index (χ2n) is 2.02. The lowest BCUT2D eigenvalue weighted by Gasteiger charge is -1.97. The van der Waals surface area contributed by atoms with E-state index in [-0.39, 0.29) is 0 Å². The molecule has 0 unspecified atom stereocenters. The molecule has 2 aromatic rings. The molecule has 0 aliphatic heterocycles. The average Bonchev–Trinajstić information content (AvgIpc) is 2.97. The minimum Gasteiger partial charge on any atom is -0.543 e. The molecule has 0 fully saturated rings. The highest BCUT2D eigenvalue weighted by atomic mass is 16.4. The van der Waals surface area contributed by atoms with Gasteiger partial charge in [0.25, 0.3) is 0 Å². The van der Waals surface area contributed by atoms with Crippen LogP contribution in [0.15, 0.2) is 46.5 Å². The van der Waals surface area contributed by atoms with Crippen LogP contribution in [0.3, 0.4) is 0 Å². The van der Waals surface area contributed by atoms with Crippen LogP contribution in [0.1, 0.15) is 0 Å². The Morgan fingerprint density at radius 1 is 0.875 bits per heavy atom. The summed E-state index contributed by atoms with van der Waals surface area (Å²) in [6, 6.07) is 0. The maximum atomic E-state index is 8.93. The first kappa shape index (κ1) is 13.4. The third-order valence-corrected chi connectivity index (χ3v) is 0.924. The van der Waals surface area contributed by atoms with Crippen molar-refractivity contribution in [1.82, 2.24) is 0 Å². The number of aromatic nitrogens is 2. The van der Waals surface area contributed by atoms with Crippen LogP contribution in [0, 0.1) is 0 Å². The van der Waals surface area contributed by atoms with Crippen molar-refractivity contribution in [2.45, 2.75) is 0 Å². The van der Waals surface area contributed by atoms with Gasteiger partial charge < -0.3 is 28.6 Å². The molecule has 0 saturated carbocycles. The van der Waals surface area contributed by atoms with E-state index in [0.717, 1.165) is 0 Å². The summed E-state index contributed by atoms with van der Waals surface area (Å²) >= 11 is 0. The van der Waals surface area contributed by atoms with Crippen molar-refractivity contribution in [3.05, 3.63) is 37.7 Å². The van der Waals surface area contributed by atoms with E-state index in [1.807, 2.05) is 0 Å². The summed E-state index contributed by atoms with van der Waals surface area (Å²) in [6.07, 6.45) is 9.56. The van der Waals surface area contributed by atoms with Gasteiger partial charge in [-0.1, -0.05) is 0 Å². The maximum absolute atomic E-state index is 8.93. The van der Waals surface area contributed by atoms with Crippen LogP contribution in [0.2, 0.25) is 0 Å². The van der Waals surface area contributed by atoms with E-state index >= 15 is 0 Å². The zero-order valence-electron chi connectivity index (χ0n) is 7.91.